The summed E-state index contributed by atoms with van der Waals surface area (Å²) in [6.45, 7) is 3.34. The Kier molecular flexibility index (Phi) is 5.92. The molecule has 4 aromatic rings. The molecule has 0 aliphatic carbocycles. The number of pyridine rings is 1. The first-order valence-electron chi connectivity index (χ1n) is 11.5. The number of hydrogen-bond acceptors (Lipinski definition) is 7. The molecule has 0 fully saturated rings. The molecule has 1 aliphatic rings. The van der Waals surface area contributed by atoms with Gasteiger partial charge in [-0.05, 0) is 48.5 Å². The van der Waals surface area contributed by atoms with Gasteiger partial charge in [0.2, 0.25) is 0 Å². The molecule has 35 heavy (non-hydrogen) atoms. The minimum Gasteiger partial charge on any atom is -0.423 e. The van der Waals surface area contributed by atoms with Gasteiger partial charge in [0.25, 0.3) is 5.91 Å². The van der Waals surface area contributed by atoms with E-state index in [9.17, 15) is 14.8 Å². The Balaban J connectivity index is 1.60. The molecule has 3 aromatic heterocycles. The van der Waals surface area contributed by atoms with E-state index in [1.807, 2.05) is 38.4 Å². The van der Waals surface area contributed by atoms with Crippen LogP contribution in [0.2, 0.25) is 0 Å². The lowest BCUT2D eigenvalue weighted by atomic mass is 9.79. The molecule has 0 atom stereocenters. The number of aryl methyl sites for hydroxylation is 2. The highest BCUT2D eigenvalue weighted by molar-refractivity contribution is 6.58. The van der Waals surface area contributed by atoms with Crippen molar-refractivity contribution < 1.29 is 14.8 Å². The van der Waals surface area contributed by atoms with Crippen molar-refractivity contribution >= 4 is 35.5 Å². The van der Waals surface area contributed by atoms with Crippen LogP contribution < -0.4 is 21.4 Å². The second kappa shape index (κ2) is 9.05. The third-order valence-electron chi connectivity index (χ3n) is 6.43. The van der Waals surface area contributed by atoms with Gasteiger partial charge in [-0.3, -0.25) is 4.79 Å². The zero-order valence-corrected chi connectivity index (χ0v) is 19.7. The fourth-order valence-electron chi connectivity index (χ4n) is 4.77. The molecule has 178 valence electrons. The van der Waals surface area contributed by atoms with Crippen molar-refractivity contribution in [2.24, 2.45) is 5.73 Å². The van der Waals surface area contributed by atoms with E-state index in [1.165, 1.54) is 0 Å². The number of nitrogens with one attached hydrogen (secondary N) is 1. The predicted molar refractivity (Wildman–Crippen MR) is 137 cm³/mol. The maximum atomic E-state index is 12.0. The van der Waals surface area contributed by atoms with Crippen molar-refractivity contribution in [3.8, 4) is 11.4 Å². The Morgan fingerprint density at radius 2 is 2.00 bits per heavy atom. The number of rotatable bonds is 6. The van der Waals surface area contributed by atoms with Crippen LogP contribution in [0.3, 0.4) is 0 Å². The third kappa shape index (κ3) is 4.22. The number of nitrogens with zero attached hydrogens (tertiary/aromatic N) is 4. The SMILES string of the molecule is Cc1cn2c(C(N)=O)cccc2c1-c1nc2c(c(NCc3cccc(B(O)O)c3)n1)N(C)CCC2. The van der Waals surface area contributed by atoms with Crippen molar-refractivity contribution in [1.82, 2.24) is 14.4 Å². The molecule has 10 heteroatoms. The van der Waals surface area contributed by atoms with Crippen LogP contribution in [0.15, 0.2) is 48.7 Å². The number of carbonyl (C=O) groups excluding carboxylic acids is 1. The molecule has 5 N–H and O–H groups in total. The largest absolute Gasteiger partial charge is 0.488 e. The number of amides is 1. The van der Waals surface area contributed by atoms with Crippen molar-refractivity contribution in [2.45, 2.75) is 26.3 Å². The minimum absolute atomic E-state index is 0.402. The van der Waals surface area contributed by atoms with E-state index in [2.05, 4.69) is 10.2 Å². The summed E-state index contributed by atoms with van der Waals surface area (Å²) in [6.07, 6.45) is 3.73. The topological polar surface area (TPSA) is 129 Å². The molecule has 0 bridgehead atoms. The summed E-state index contributed by atoms with van der Waals surface area (Å²) in [7, 11) is 0.517. The molecular formula is C25H27BN6O3. The number of benzene rings is 1. The van der Waals surface area contributed by atoms with Crippen LogP contribution in [0.25, 0.3) is 16.9 Å². The van der Waals surface area contributed by atoms with E-state index in [-0.39, 0.29) is 0 Å². The van der Waals surface area contributed by atoms with Gasteiger partial charge in [-0.15, -0.1) is 0 Å². The summed E-state index contributed by atoms with van der Waals surface area (Å²) in [5, 5.41) is 22.5. The minimum atomic E-state index is -1.52. The number of anilines is 2. The first kappa shape index (κ1) is 22.9. The van der Waals surface area contributed by atoms with Crippen LogP contribution >= 0.6 is 0 Å². The molecule has 0 radical (unpaired) electrons. The van der Waals surface area contributed by atoms with Gasteiger partial charge in [0.1, 0.15) is 11.4 Å². The fourth-order valence-corrected chi connectivity index (χ4v) is 4.77. The normalized spacial score (nSPS) is 13.1. The number of primary amides is 1. The number of carbonyl (C=O) groups is 1. The molecule has 0 unspecified atom stereocenters. The maximum Gasteiger partial charge on any atom is 0.488 e. The smallest absolute Gasteiger partial charge is 0.423 e. The molecule has 0 saturated carbocycles. The van der Waals surface area contributed by atoms with Crippen LogP contribution in [-0.2, 0) is 13.0 Å². The van der Waals surface area contributed by atoms with E-state index in [0.717, 1.165) is 53.0 Å². The Morgan fingerprint density at radius 3 is 2.77 bits per heavy atom. The monoisotopic (exact) mass is 470 g/mol. The highest BCUT2D eigenvalue weighted by atomic mass is 16.4. The predicted octanol–water partition coefficient (Wildman–Crippen LogP) is 1.48. The van der Waals surface area contributed by atoms with Crippen LogP contribution in [-0.4, -0.2) is 51.0 Å². The lowest BCUT2D eigenvalue weighted by Gasteiger charge is -2.29. The average molecular weight is 470 g/mol. The number of hydrogen-bond donors (Lipinski definition) is 4. The van der Waals surface area contributed by atoms with Crippen molar-refractivity contribution in [3.05, 3.63) is 71.2 Å². The van der Waals surface area contributed by atoms with Gasteiger partial charge in [-0.2, -0.15) is 0 Å². The molecule has 0 spiro atoms. The molecule has 9 nitrogen and oxygen atoms in total. The summed E-state index contributed by atoms with van der Waals surface area (Å²) in [5.74, 6) is 0.803. The van der Waals surface area contributed by atoms with Gasteiger partial charge in [0.15, 0.2) is 11.6 Å². The van der Waals surface area contributed by atoms with Gasteiger partial charge < -0.3 is 30.4 Å². The Hall–Kier alpha value is -3.89. The molecule has 5 rings (SSSR count). The maximum absolute atomic E-state index is 12.0. The van der Waals surface area contributed by atoms with Crippen LogP contribution in [0.4, 0.5) is 11.5 Å². The second-order valence-corrected chi connectivity index (χ2v) is 8.91. The standard InChI is InChI=1S/C25H27BN6O3/c1-15-14-32-19(9-4-10-20(32)23(27)33)21(15)24-29-18-8-5-11-31(2)22(18)25(30-24)28-13-16-6-3-7-17(12-16)26(34)35/h3-4,6-7,9-10,12,14,34-35H,5,8,11,13H2,1-2H3,(H2,27,33)(H,28,29,30). The van der Waals surface area contributed by atoms with Crippen LogP contribution in [0, 0.1) is 6.92 Å². The molecule has 1 aromatic carbocycles. The van der Waals surface area contributed by atoms with Crippen molar-refractivity contribution in [2.75, 3.05) is 23.8 Å². The van der Waals surface area contributed by atoms with Crippen LogP contribution in [0.5, 0.6) is 0 Å². The Bertz CT molecular complexity index is 1430. The van der Waals surface area contributed by atoms with Crippen molar-refractivity contribution in [1.29, 1.82) is 0 Å². The van der Waals surface area contributed by atoms with E-state index >= 15 is 0 Å². The Labute approximate surface area is 203 Å². The van der Waals surface area contributed by atoms with E-state index < -0.39 is 13.0 Å². The quantitative estimate of drug-likeness (QED) is 0.314. The first-order chi connectivity index (χ1) is 16.8. The zero-order valence-electron chi connectivity index (χ0n) is 19.7. The molecule has 0 saturated heterocycles. The highest BCUT2D eigenvalue weighted by Crippen LogP contribution is 2.36. The van der Waals surface area contributed by atoms with Gasteiger partial charge in [0, 0.05) is 31.9 Å². The molecule has 4 heterocycles. The summed E-state index contributed by atoms with van der Waals surface area (Å²) >= 11 is 0. The van der Waals surface area contributed by atoms with E-state index in [1.54, 1.807) is 28.7 Å². The van der Waals surface area contributed by atoms with Crippen LogP contribution in [0.1, 0.15) is 33.7 Å². The van der Waals surface area contributed by atoms with Gasteiger partial charge in [0.05, 0.1) is 11.2 Å². The number of fused-ring (bicyclic) bond motifs is 2. The summed E-state index contributed by atoms with van der Waals surface area (Å²) < 4.78 is 1.79. The third-order valence-corrected chi connectivity index (χ3v) is 6.43. The van der Waals surface area contributed by atoms with Gasteiger partial charge in [-0.1, -0.05) is 30.3 Å². The molecule has 1 aliphatic heterocycles. The zero-order chi connectivity index (χ0) is 24.7. The summed E-state index contributed by atoms with van der Waals surface area (Å²) in [5.41, 5.74) is 11.9. The lowest BCUT2D eigenvalue weighted by Crippen LogP contribution is -2.30. The molecular weight excluding hydrogens is 443 g/mol. The highest BCUT2D eigenvalue weighted by Gasteiger charge is 2.24. The number of nitrogens with two attached hydrogens (primary N) is 1. The second-order valence-electron chi connectivity index (χ2n) is 8.91. The summed E-state index contributed by atoms with van der Waals surface area (Å²) in [6, 6.07) is 12.6. The van der Waals surface area contributed by atoms with Gasteiger partial charge in [-0.25, -0.2) is 9.97 Å². The average Bonchev–Trinajstić information content (AvgIpc) is 3.18. The van der Waals surface area contributed by atoms with Crippen molar-refractivity contribution in [3.63, 3.8) is 0 Å². The fraction of sp³-hybridized carbons (Fsp3) is 0.240. The summed E-state index contributed by atoms with van der Waals surface area (Å²) in [4.78, 5) is 24.0. The number of aromatic nitrogens is 3. The first-order valence-corrected chi connectivity index (χ1v) is 11.5. The Morgan fingerprint density at radius 1 is 1.20 bits per heavy atom. The lowest BCUT2D eigenvalue weighted by molar-refractivity contribution is 0.0994. The van der Waals surface area contributed by atoms with Gasteiger partial charge >= 0.3 is 7.12 Å². The molecule has 1 amide bonds. The van der Waals surface area contributed by atoms with E-state index in [4.69, 9.17) is 15.7 Å². The van der Waals surface area contributed by atoms with E-state index in [0.29, 0.717) is 29.3 Å².